The molecule has 2 unspecified atom stereocenters. The van der Waals surface area contributed by atoms with Crippen LogP contribution >= 0.6 is 0 Å². The van der Waals surface area contributed by atoms with E-state index >= 15 is 0 Å². The van der Waals surface area contributed by atoms with Crippen LogP contribution in [0.4, 0.5) is 0 Å². The Bertz CT molecular complexity index is 217. The van der Waals surface area contributed by atoms with Crippen molar-refractivity contribution >= 4 is 0 Å². The number of hydrogen-bond donors (Lipinski definition) is 1. The zero-order valence-corrected chi connectivity index (χ0v) is 11.2. The van der Waals surface area contributed by atoms with Gasteiger partial charge in [-0.1, -0.05) is 20.8 Å². The van der Waals surface area contributed by atoms with Crippen molar-refractivity contribution in [3.8, 4) is 0 Å². The minimum atomic E-state index is 0.417. The minimum Gasteiger partial charge on any atom is -0.326 e. The summed E-state index contributed by atoms with van der Waals surface area (Å²) in [4.78, 5) is 2.60. The Morgan fingerprint density at radius 2 is 1.81 bits per heavy atom. The van der Waals surface area contributed by atoms with Crippen molar-refractivity contribution in [2.45, 2.75) is 52.5 Å². The van der Waals surface area contributed by atoms with E-state index in [1.165, 1.54) is 38.8 Å². The Kier molecular flexibility index (Phi) is 3.60. The predicted molar refractivity (Wildman–Crippen MR) is 69.3 cm³/mol. The third kappa shape index (κ3) is 2.98. The summed E-state index contributed by atoms with van der Waals surface area (Å²) in [6.07, 6.45) is 5.67. The van der Waals surface area contributed by atoms with E-state index in [1.807, 2.05) is 0 Å². The average molecular weight is 224 g/mol. The summed E-state index contributed by atoms with van der Waals surface area (Å²) in [6, 6.07) is 0.417. The van der Waals surface area contributed by atoms with Gasteiger partial charge in [-0.3, -0.25) is 0 Å². The molecule has 2 aliphatic rings. The van der Waals surface area contributed by atoms with Crippen molar-refractivity contribution in [2.75, 3.05) is 19.6 Å². The van der Waals surface area contributed by atoms with Crippen LogP contribution in [0.25, 0.3) is 0 Å². The highest BCUT2D eigenvalue weighted by atomic mass is 15.2. The molecule has 1 aliphatic carbocycles. The molecule has 0 bridgehead atoms. The highest BCUT2D eigenvalue weighted by Gasteiger charge is 2.31. The summed E-state index contributed by atoms with van der Waals surface area (Å²) < 4.78 is 0. The molecule has 0 spiro atoms. The Morgan fingerprint density at radius 3 is 2.31 bits per heavy atom. The van der Waals surface area contributed by atoms with Crippen molar-refractivity contribution in [3.05, 3.63) is 0 Å². The first-order valence-corrected chi connectivity index (χ1v) is 6.94. The fourth-order valence-corrected chi connectivity index (χ4v) is 3.25. The molecule has 0 aromatic rings. The maximum atomic E-state index is 6.08. The van der Waals surface area contributed by atoms with E-state index in [2.05, 4.69) is 25.7 Å². The molecule has 2 rings (SSSR count). The van der Waals surface area contributed by atoms with E-state index in [0.29, 0.717) is 17.4 Å². The molecule has 1 saturated heterocycles. The molecular weight excluding hydrogens is 196 g/mol. The van der Waals surface area contributed by atoms with Gasteiger partial charge in [-0.25, -0.2) is 0 Å². The fourth-order valence-electron chi connectivity index (χ4n) is 3.25. The molecule has 2 heteroatoms. The van der Waals surface area contributed by atoms with E-state index < -0.39 is 0 Å². The van der Waals surface area contributed by atoms with E-state index in [1.54, 1.807) is 0 Å². The molecule has 0 radical (unpaired) electrons. The summed E-state index contributed by atoms with van der Waals surface area (Å²) in [5.41, 5.74) is 6.68. The monoisotopic (exact) mass is 224 g/mol. The molecule has 2 nitrogen and oxygen atoms in total. The molecule has 16 heavy (non-hydrogen) atoms. The van der Waals surface area contributed by atoms with Crippen LogP contribution in [0.1, 0.15) is 46.5 Å². The number of rotatable bonds is 2. The first kappa shape index (κ1) is 12.4. The average Bonchev–Trinajstić information content (AvgIpc) is 2.50. The van der Waals surface area contributed by atoms with Crippen LogP contribution in [0.3, 0.4) is 0 Å². The third-order valence-corrected chi connectivity index (χ3v) is 4.72. The first-order chi connectivity index (χ1) is 7.46. The summed E-state index contributed by atoms with van der Waals surface area (Å²) in [5.74, 6) is 1.63. The molecular formula is C14H28N2. The lowest BCUT2D eigenvalue weighted by Gasteiger charge is -2.36. The van der Waals surface area contributed by atoms with E-state index in [4.69, 9.17) is 5.73 Å². The third-order valence-electron chi connectivity index (χ3n) is 4.72. The van der Waals surface area contributed by atoms with Crippen LogP contribution in [0.15, 0.2) is 0 Å². The zero-order chi connectivity index (χ0) is 11.8. The van der Waals surface area contributed by atoms with Gasteiger partial charge in [-0.2, -0.15) is 0 Å². The Labute approximate surface area is 101 Å². The smallest absolute Gasteiger partial charge is 0.0206 e. The number of likely N-dealkylation sites (tertiary alicyclic amines) is 1. The van der Waals surface area contributed by atoms with Crippen LogP contribution in [0, 0.1) is 17.3 Å². The van der Waals surface area contributed by atoms with Crippen molar-refractivity contribution < 1.29 is 0 Å². The fraction of sp³-hybridized carbons (Fsp3) is 1.00. The summed E-state index contributed by atoms with van der Waals surface area (Å²) in [7, 11) is 0. The van der Waals surface area contributed by atoms with Gasteiger partial charge in [0.1, 0.15) is 0 Å². The second-order valence-corrected chi connectivity index (χ2v) is 6.97. The molecule has 2 N–H and O–H groups in total. The predicted octanol–water partition coefficient (Wildman–Crippen LogP) is 2.48. The van der Waals surface area contributed by atoms with Crippen molar-refractivity contribution in [1.29, 1.82) is 0 Å². The zero-order valence-electron chi connectivity index (χ0n) is 11.2. The van der Waals surface area contributed by atoms with Gasteiger partial charge in [0, 0.05) is 25.7 Å². The normalized spacial score (nSPS) is 36.8. The Hall–Kier alpha value is -0.0800. The summed E-state index contributed by atoms with van der Waals surface area (Å²) >= 11 is 0. The van der Waals surface area contributed by atoms with Crippen LogP contribution in [0.2, 0.25) is 0 Å². The van der Waals surface area contributed by atoms with Gasteiger partial charge in [-0.15, -0.1) is 0 Å². The number of nitrogens with zero attached hydrogens (tertiary/aromatic N) is 1. The molecule has 94 valence electrons. The van der Waals surface area contributed by atoms with Crippen LogP contribution < -0.4 is 5.73 Å². The Balaban J connectivity index is 1.75. The van der Waals surface area contributed by atoms with Crippen molar-refractivity contribution in [2.24, 2.45) is 23.0 Å². The van der Waals surface area contributed by atoms with E-state index in [9.17, 15) is 0 Å². The van der Waals surface area contributed by atoms with Gasteiger partial charge in [0.15, 0.2) is 0 Å². The standard InChI is InChI=1S/C14H28N2/c1-11-8-16(10-13(11)15)9-12-4-6-14(2,3)7-5-12/h11-13H,4-10,15H2,1-3H3. The van der Waals surface area contributed by atoms with Gasteiger partial charge < -0.3 is 10.6 Å². The van der Waals surface area contributed by atoms with Gasteiger partial charge in [0.2, 0.25) is 0 Å². The molecule has 0 amide bonds. The highest BCUT2D eigenvalue weighted by molar-refractivity contribution is 4.87. The van der Waals surface area contributed by atoms with E-state index in [0.717, 1.165) is 12.5 Å². The lowest BCUT2D eigenvalue weighted by atomic mass is 9.73. The Morgan fingerprint density at radius 1 is 1.19 bits per heavy atom. The van der Waals surface area contributed by atoms with Gasteiger partial charge in [0.05, 0.1) is 0 Å². The number of hydrogen-bond acceptors (Lipinski definition) is 2. The molecule has 0 aromatic carbocycles. The molecule has 2 fully saturated rings. The summed E-state index contributed by atoms with van der Waals surface area (Å²) in [6.45, 7) is 10.8. The van der Waals surface area contributed by atoms with Gasteiger partial charge >= 0.3 is 0 Å². The SMILES string of the molecule is CC1CN(CC2CCC(C)(C)CC2)CC1N. The van der Waals surface area contributed by atoms with Crippen molar-refractivity contribution in [3.63, 3.8) is 0 Å². The number of nitrogens with two attached hydrogens (primary N) is 1. The van der Waals surface area contributed by atoms with Crippen LogP contribution in [0.5, 0.6) is 0 Å². The largest absolute Gasteiger partial charge is 0.326 e. The second-order valence-electron chi connectivity index (χ2n) is 6.97. The van der Waals surface area contributed by atoms with Crippen LogP contribution in [-0.2, 0) is 0 Å². The maximum absolute atomic E-state index is 6.08. The molecule has 2 atom stereocenters. The van der Waals surface area contributed by atoms with E-state index in [-0.39, 0.29) is 0 Å². The molecule has 1 saturated carbocycles. The highest BCUT2D eigenvalue weighted by Crippen LogP contribution is 2.38. The summed E-state index contributed by atoms with van der Waals surface area (Å²) in [5, 5.41) is 0. The van der Waals surface area contributed by atoms with Gasteiger partial charge in [0.25, 0.3) is 0 Å². The molecule has 1 aliphatic heterocycles. The maximum Gasteiger partial charge on any atom is 0.0206 e. The minimum absolute atomic E-state index is 0.417. The van der Waals surface area contributed by atoms with Gasteiger partial charge in [-0.05, 0) is 42.9 Å². The van der Waals surface area contributed by atoms with Crippen molar-refractivity contribution in [1.82, 2.24) is 4.90 Å². The van der Waals surface area contributed by atoms with Crippen LogP contribution in [-0.4, -0.2) is 30.6 Å². The lowest BCUT2D eigenvalue weighted by molar-refractivity contribution is 0.154. The quantitative estimate of drug-likeness (QED) is 0.781. The lowest BCUT2D eigenvalue weighted by Crippen LogP contribution is -2.33. The molecule has 0 aromatic heterocycles. The molecule has 1 heterocycles. The topological polar surface area (TPSA) is 29.3 Å². The first-order valence-electron chi connectivity index (χ1n) is 6.94. The second kappa shape index (κ2) is 4.66.